The van der Waals surface area contributed by atoms with Crippen molar-refractivity contribution >= 4 is 6.09 Å². The number of hydrogen-bond acceptors (Lipinski definition) is 2. The Morgan fingerprint density at radius 3 is 2.40 bits per heavy atom. The average Bonchev–Trinajstić information content (AvgIpc) is 2.14. The standard InChI is InChI=1S/C12H14NO2/c1-12(2,3)15-11(14)13-9-10-7-5-4-6-8-10/h4-8H,1-3H3/q+1. The first-order valence-corrected chi connectivity index (χ1v) is 4.72. The van der Waals surface area contributed by atoms with E-state index in [1.807, 2.05) is 30.3 Å². The van der Waals surface area contributed by atoms with Gasteiger partial charge in [0.05, 0.1) is 4.85 Å². The van der Waals surface area contributed by atoms with Crippen molar-refractivity contribution in [3.63, 3.8) is 0 Å². The molecule has 3 heteroatoms. The van der Waals surface area contributed by atoms with Crippen molar-refractivity contribution in [1.29, 1.82) is 0 Å². The Balaban J connectivity index is 2.64. The van der Waals surface area contributed by atoms with E-state index in [2.05, 4.69) is 10.9 Å². The number of carbonyl (C=O) groups is 1. The van der Waals surface area contributed by atoms with Crippen LogP contribution in [0.3, 0.4) is 0 Å². The van der Waals surface area contributed by atoms with Crippen LogP contribution in [0.1, 0.15) is 26.3 Å². The largest absolute Gasteiger partial charge is 0.728 e. The predicted octanol–water partition coefficient (Wildman–Crippen LogP) is 3.30. The zero-order valence-electron chi connectivity index (χ0n) is 9.15. The monoisotopic (exact) mass is 204 g/mol. The van der Waals surface area contributed by atoms with Gasteiger partial charge < -0.3 is 4.74 Å². The first-order chi connectivity index (χ1) is 6.97. The highest BCUT2D eigenvalue weighted by Gasteiger charge is 2.23. The lowest BCUT2D eigenvalue weighted by molar-refractivity contribution is 0.0665. The minimum atomic E-state index is -0.619. The molecule has 0 aliphatic carbocycles. The molecule has 0 heterocycles. The van der Waals surface area contributed by atoms with Crippen LogP contribution in [0, 0.1) is 6.07 Å². The summed E-state index contributed by atoms with van der Waals surface area (Å²) in [4.78, 5) is 14.7. The lowest BCUT2D eigenvalue weighted by atomic mass is 10.2. The summed E-state index contributed by atoms with van der Waals surface area (Å²) < 4.78 is 4.99. The van der Waals surface area contributed by atoms with Crippen LogP contribution < -0.4 is 0 Å². The first-order valence-electron chi connectivity index (χ1n) is 4.72. The van der Waals surface area contributed by atoms with Crippen LogP contribution in [-0.2, 0) is 4.74 Å². The second-order valence-corrected chi connectivity index (χ2v) is 4.07. The summed E-state index contributed by atoms with van der Waals surface area (Å²) in [6, 6.07) is 11.8. The van der Waals surface area contributed by atoms with E-state index in [0.717, 1.165) is 5.56 Å². The molecule has 0 bridgehead atoms. The van der Waals surface area contributed by atoms with Gasteiger partial charge in [-0.1, -0.05) is 18.2 Å². The van der Waals surface area contributed by atoms with E-state index in [4.69, 9.17) is 4.74 Å². The van der Waals surface area contributed by atoms with E-state index in [1.54, 1.807) is 20.8 Å². The Morgan fingerprint density at radius 2 is 1.87 bits per heavy atom. The lowest BCUT2D eigenvalue weighted by Crippen LogP contribution is -2.21. The molecule has 1 aromatic rings. The fraction of sp³-hybridized carbons (Fsp3) is 0.333. The van der Waals surface area contributed by atoms with Crippen molar-refractivity contribution in [2.24, 2.45) is 0 Å². The van der Waals surface area contributed by atoms with Crippen LogP contribution in [0.4, 0.5) is 4.79 Å². The number of ether oxygens (including phenoxy) is 1. The highest BCUT2D eigenvalue weighted by Crippen LogP contribution is 2.08. The molecule has 0 saturated heterocycles. The first kappa shape index (κ1) is 11.3. The molecule has 3 nitrogen and oxygen atoms in total. The number of amides is 1. The van der Waals surface area contributed by atoms with E-state index in [1.165, 1.54) is 0 Å². The molecule has 1 amide bonds. The Hall–Kier alpha value is -1.82. The van der Waals surface area contributed by atoms with Crippen molar-refractivity contribution in [3.05, 3.63) is 40.7 Å². The van der Waals surface area contributed by atoms with Gasteiger partial charge in [0.25, 0.3) is 0 Å². The molecule has 1 rings (SSSR count). The van der Waals surface area contributed by atoms with E-state index < -0.39 is 11.7 Å². The smallest absolute Gasteiger partial charge is 0.392 e. The predicted molar refractivity (Wildman–Crippen MR) is 59.0 cm³/mol. The van der Waals surface area contributed by atoms with Gasteiger partial charge in [0, 0.05) is 0 Å². The summed E-state index contributed by atoms with van der Waals surface area (Å²) in [5, 5.41) is 0. The van der Waals surface area contributed by atoms with Crippen molar-refractivity contribution < 1.29 is 9.53 Å². The van der Waals surface area contributed by atoms with Gasteiger partial charge in [-0.3, -0.25) is 0 Å². The molecular weight excluding hydrogens is 190 g/mol. The molecule has 15 heavy (non-hydrogen) atoms. The Kier molecular flexibility index (Phi) is 3.46. The molecule has 1 aromatic carbocycles. The summed E-state index contributed by atoms with van der Waals surface area (Å²) >= 11 is 0. The van der Waals surface area contributed by atoms with Gasteiger partial charge in [0.15, 0.2) is 0 Å². The molecule has 0 atom stereocenters. The molecular formula is C12H14NO2+. The van der Waals surface area contributed by atoms with E-state index in [-0.39, 0.29) is 0 Å². The van der Waals surface area contributed by atoms with Gasteiger partial charge in [-0.25, -0.2) is 0 Å². The van der Waals surface area contributed by atoms with Crippen molar-refractivity contribution in [2.45, 2.75) is 26.4 Å². The minimum Gasteiger partial charge on any atom is -0.392 e. The highest BCUT2D eigenvalue weighted by molar-refractivity contribution is 5.80. The fourth-order valence-electron chi connectivity index (χ4n) is 0.908. The third-order valence-electron chi connectivity index (χ3n) is 1.44. The maximum atomic E-state index is 11.2. The third kappa shape index (κ3) is 4.82. The van der Waals surface area contributed by atoms with Gasteiger partial charge in [-0.15, -0.1) is 0 Å². The number of hydrogen-bond donors (Lipinski definition) is 0. The van der Waals surface area contributed by atoms with Crippen molar-refractivity contribution in [2.75, 3.05) is 0 Å². The molecule has 0 spiro atoms. The van der Waals surface area contributed by atoms with Crippen LogP contribution >= 0.6 is 0 Å². The van der Waals surface area contributed by atoms with Crippen molar-refractivity contribution in [3.8, 4) is 6.07 Å². The zero-order chi connectivity index (χ0) is 11.3. The summed E-state index contributed by atoms with van der Waals surface area (Å²) in [6.07, 6.45) is -0.619. The fourth-order valence-corrected chi connectivity index (χ4v) is 0.908. The second kappa shape index (κ2) is 4.61. The van der Waals surface area contributed by atoms with Gasteiger partial charge in [-0.05, 0) is 32.9 Å². The zero-order valence-corrected chi connectivity index (χ0v) is 9.15. The van der Waals surface area contributed by atoms with E-state index in [0.29, 0.717) is 0 Å². The van der Waals surface area contributed by atoms with Gasteiger partial charge in [0.2, 0.25) is 0 Å². The quantitative estimate of drug-likeness (QED) is 0.649. The van der Waals surface area contributed by atoms with Crippen molar-refractivity contribution in [1.82, 2.24) is 0 Å². The summed E-state index contributed by atoms with van der Waals surface area (Å²) in [5.74, 6) is 0. The molecule has 0 fully saturated rings. The Labute approximate surface area is 89.5 Å². The Bertz CT molecular complexity index is 393. The SMILES string of the molecule is CC(C)(C)OC(=O)[N+]#Cc1ccccc1. The molecule has 0 aliphatic rings. The Morgan fingerprint density at radius 1 is 1.27 bits per heavy atom. The molecule has 0 N–H and O–H groups in total. The second-order valence-electron chi connectivity index (χ2n) is 4.07. The van der Waals surface area contributed by atoms with Crippen LogP contribution in [0.25, 0.3) is 4.85 Å². The number of rotatable bonds is 0. The number of benzene rings is 1. The molecule has 0 aromatic heterocycles. The summed E-state index contributed by atoms with van der Waals surface area (Å²) in [7, 11) is 0. The topological polar surface area (TPSA) is 30.7 Å². The summed E-state index contributed by atoms with van der Waals surface area (Å²) in [5.41, 5.74) is 0.238. The number of nitrogens with zero attached hydrogens (tertiary/aromatic N) is 1. The number of carbonyl (C=O) groups excluding carboxylic acids is 1. The van der Waals surface area contributed by atoms with Gasteiger partial charge in [-0.2, -0.15) is 4.79 Å². The van der Waals surface area contributed by atoms with E-state index in [9.17, 15) is 4.79 Å². The van der Waals surface area contributed by atoms with Crippen LogP contribution in [0.2, 0.25) is 0 Å². The van der Waals surface area contributed by atoms with Gasteiger partial charge in [0.1, 0.15) is 11.2 Å². The lowest BCUT2D eigenvalue weighted by Gasteiger charge is -2.12. The van der Waals surface area contributed by atoms with Crippen LogP contribution in [0.15, 0.2) is 30.3 Å². The molecule has 0 aliphatic heterocycles. The van der Waals surface area contributed by atoms with Crippen LogP contribution in [-0.4, -0.2) is 11.7 Å². The average molecular weight is 204 g/mol. The molecule has 78 valence electrons. The molecule has 0 radical (unpaired) electrons. The highest BCUT2D eigenvalue weighted by atomic mass is 16.6. The maximum Gasteiger partial charge on any atom is 0.728 e. The molecule has 0 saturated carbocycles. The normalized spacial score (nSPS) is 10.1. The minimum absolute atomic E-state index is 0.515. The molecule has 0 unspecified atom stereocenters. The third-order valence-corrected chi connectivity index (χ3v) is 1.44. The maximum absolute atomic E-state index is 11.2. The summed E-state index contributed by atoms with van der Waals surface area (Å²) in [6.45, 7) is 5.38. The van der Waals surface area contributed by atoms with Crippen LogP contribution in [0.5, 0.6) is 0 Å². The van der Waals surface area contributed by atoms with E-state index >= 15 is 0 Å². The van der Waals surface area contributed by atoms with Gasteiger partial charge >= 0.3 is 12.2 Å².